The van der Waals surface area contributed by atoms with Crippen LogP contribution in [0.4, 0.5) is 0 Å². The Balaban J connectivity index is 1.35. The number of benzene rings is 2. The van der Waals surface area contributed by atoms with Crippen molar-refractivity contribution >= 4 is 34.7 Å². The number of carbonyl (C=O) groups is 1. The fourth-order valence-corrected chi connectivity index (χ4v) is 3.71. The molecule has 2 aromatic rings. The van der Waals surface area contributed by atoms with Crippen molar-refractivity contribution in [2.45, 2.75) is 19.3 Å². The first-order valence-electron chi connectivity index (χ1n) is 9.09. The summed E-state index contributed by atoms with van der Waals surface area (Å²) in [4.78, 5) is 12.4. The van der Waals surface area contributed by atoms with Crippen LogP contribution in [0.25, 0.3) is 5.70 Å². The quantitative estimate of drug-likeness (QED) is 0.545. The molecule has 4 rings (SSSR count). The average molecular weight is 420 g/mol. The van der Waals surface area contributed by atoms with Gasteiger partial charge in [0, 0.05) is 35.3 Å². The standard InChI is InChI=1S/C21H19Cl2NO4/c22-14-3-4-19(17(23)9-14)26-7-1-2-15(25)10-18-16-11-21-20(27-12-28-21)8-13(16)5-6-24-18/h3-4,8-11,24H,1-2,5-7,12H2. The number of carbonyl (C=O) groups excluding carboxylic acids is 1. The average Bonchev–Trinajstić information content (AvgIpc) is 3.12. The highest BCUT2D eigenvalue weighted by Crippen LogP contribution is 2.38. The number of hydrogen-bond donors (Lipinski definition) is 1. The third kappa shape index (κ3) is 4.21. The number of hydrogen-bond acceptors (Lipinski definition) is 5. The number of allylic oxidation sites excluding steroid dienone is 1. The maximum absolute atomic E-state index is 12.4. The molecule has 0 aliphatic carbocycles. The molecule has 0 spiro atoms. The molecule has 0 saturated heterocycles. The van der Waals surface area contributed by atoms with Crippen molar-refractivity contribution in [3.05, 3.63) is 57.6 Å². The molecule has 0 unspecified atom stereocenters. The van der Waals surface area contributed by atoms with Gasteiger partial charge in [-0.1, -0.05) is 23.2 Å². The summed E-state index contributed by atoms with van der Waals surface area (Å²) >= 11 is 11.9. The minimum Gasteiger partial charge on any atom is -0.492 e. The number of ketones is 1. The van der Waals surface area contributed by atoms with Gasteiger partial charge in [-0.25, -0.2) is 0 Å². The molecule has 0 atom stereocenters. The van der Waals surface area contributed by atoms with Crippen LogP contribution in [0, 0.1) is 0 Å². The zero-order chi connectivity index (χ0) is 19.5. The lowest BCUT2D eigenvalue weighted by Gasteiger charge is -2.21. The number of ether oxygens (including phenoxy) is 3. The van der Waals surface area contributed by atoms with Gasteiger partial charge in [0.1, 0.15) is 5.75 Å². The summed E-state index contributed by atoms with van der Waals surface area (Å²) < 4.78 is 16.5. The van der Waals surface area contributed by atoms with Gasteiger partial charge >= 0.3 is 0 Å². The van der Waals surface area contributed by atoms with E-state index in [0.717, 1.165) is 35.5 Å². The van der Waals surface area contributed by atoms with Crippen LogP contribution in [0.1, 0.15) is 24.0 Å². The summed E-state index contributed by atoms with van der Waals surface area (Å²) in [7, 11) is 0. The van der Waals surface area contributed by atoms with E-state index in [9.17, 15) is 4.79 Å². The number of halogens is 2. The van der Waals surface area contributed by atoms with Crippen LogP contribution in [-0.4, -0.2) is 25.7 Å². The van der Waals surface area contributed by atoms with E-state index in [2.05, 4.69) is 5.32 Å². The van der Waals surface area contributed by atoms with E-state index in [1.807, 2.05) is 12.1 Å². The predicted molar refractivity (Wildman–Crippen MR) is 108 cm³/mol. The summed E-state index contributed by atoms with van der Waals surface area (Å²) in [6.45, 7) is 1.42. The van der Waals surface area contributed by atoms with E-state index < -0.39 is 0 Å². The van der Waals surface area contributed by atoms with Gasteiger partial charge in [0.25, 0.3) is 0 Å². The Morgan fingerprint density at radius 1 is 1.18 bits per heavy atom. The Bertz CT molecular complexity index is 942. The van der Waals surface area contributed by atoms with Crippen LogP contribution in [0.5, 0.6) is 17.2 Å². The minimum atomic E-state index is 0.0406. The maximum Gasteiger partial charge on any atom is 0.231 e. The Labute approximate surface area is 173 Å². The summed E-state index contributed by atoms with van der Waals surface area (Å²) in [6, 6.07) is 9.01. The van der Waals surface area contributed by atoms with Crippen LogP contribution in [0.15, 0.2) is 36.4 Å². The summed E-state index contributed by atoms with van der Waals surface area (Å²) in [5.41, 5.74) is 2.97. The van der Waals surface area contributed by atoms with Gasteiger partial charge < -0.3 is 19.5 Å². The second kappa shape index (κ2) is 8.33. The fourth-order valence-electron chi connectivity index (χ4n) is 3.25. The van der Waals surface area contributed by atoms with Gasteiger partial charge in [-0.15, -0.1) is 0 Å². The number of nitrogens with one attached hydrogen (secondary N) is 1. The van der Waals surface area contributed by atoms with Gasteiger partial charge in [-0.3, -0.25) is 4.79 Å². The molecule has 2 heterocycles. The Morgan fingerprint density at radius 3 is 2.82 bits per heavy atom. The van der Waals surface area contributed by atoms with Gasteiger partial charge in [-0.05, 0) is 48.7 Å². The summed E-state index contributed by atoms with van der Waals surface area (Å²) in [6.07, 6.45) is 3.52. The van der Waals surface area contributed by atoms with Crippen LogP contribution < -0.4 is 19.5 Å². The molecule has 2 aromatic carbocycles. The smallest absolute Gasteiger partial charge is 0.231 e. The first-order chi connectivity index (χ1) is 13.6. The minimum absolute atomic E-state index is 0.0406. The Morgan fingerprint density at radius 2 is 2.00 bits per heavy atom. The van der Waals surface area contributed by atoms with Gasteiger partial charge in [0.05, 0.1) is 11.6 Å². The SMILES string of the molecule is O=C(C=C1NCCc2cc3c(cc21)OCO3)CCCOc1ccc(Cl)cc1Cl. The van der Waals surface area contributed by atoms with Crippen LogP contribution >= 0.6 is 23.2 Å². The number of rotatable bonds is 6. The van der Waals surface area contributed by atoms with Crippen molar-refractivity contribution in [1.82, 2.24) is 5.32 Å². The highest BCUT2D eigenvalue weighted by molar-refractivity contribution is 6.35. The van der Waals surface area contributed by atoms with Crippen LogP contribution in [-0.2, 0) is 11.2 Å². The van der Waals surface area contributed by atoms with Gasteiger partial charge in [-0.2, -0.15) is 0 Å². The normalized spacial score (nSPS) is 15.9. The molecule has 2 aliphatic heterocycles. The molecule has 0 bridgehead atoms. The van der Waals surface area contributed by atoms with Crippen LogP contribution in [0.2, 0.25) is 10.0 Å². The third-order valence-corrected chi connectivity index (χ3v) is 5.15. The van der Waals surface area contributed by atoms with Gasteiger partial charge in [0.2, 0.25) is 6.79 Å². The Kier molecular flexibility index (Phi) is 5.64. The summed E-state index contributed by atoms with van der Waals surface area (Å²) in [5.74, 6) is 2.09. The highest BCUT2D eigenvalue weighted by atomic mass is 35.5. The highest BCUT2D eigenvalue weighted by Gasteiger charge is 2.21. The first kappa shape index (κ1) is 19.0. The number of fused-ring (bicyclic) bond motifs is 2. The van der Waals surface area contributed by atoms with E-state index >= 15 is 0 Å². The zero-order valence-electron chi connectivity index (χ0n) is 15.1. The van der Waals surface area contributed by atoms with Crippen molar-refractivity contribution in [2.24, 2.45) is 0 Å². The monoisotopic (exact) mass is 419 g/mol. The van der Waals surface area contributed by atoms with E-state index in [4.69, 9.17) is 37.4 Å². The van der Waals surface area contributed by atoms with Crippen LogP contribution in [0.3, 0.4) is 0 Å². The van der Waals surface area contributed by atoms with Crippen molar-refractivity contribution in [3.63, 3.8) is 0 Å². The van der Waals surface area contributed by atoms with Crippen molar-refractivity contribution < 1.29 is 19.0 Å². The molecule has 0 amide bonds. The molecule has 7 heteroatoms. The van der Waals surface area contributed by atoms with Crippen molar-refractivity contribution in [1.29, 1.82) is 0 Å². The van der Waals surface area contributed by atoms with E-state index in [1.165, 1.54) is 0 Å². The van der Waals surface area contributed by atoms with Crippen molar-refractivity contribution in [2.75, 3.05) is 19.9 Å². The molecule has 2 aliphatic rings. The zero-order valence-corrected chi connectivity index (χ0v) is 16.6. The second-order valence-corrected chi connectivity index (χ2v) is 7.43. The molecule has 0 saturated carbocycles. The maximum atomic E-state index is 12.4. The van der Waals surface area contributed by atoms with Crippen molar-refractivity contribution in [3.8, 4) is 17.2 Å². The predicted octanol–water partition coefficient (Wildman–Crippen LogP) is 4.64. The fraction of sp³-hybridized carbons (Fsp3) is 0.286. The van der Waals surface area contributed by atoms with E-state index in [0.29, 0.717) is 41.0 Å². The lowest BCUT2D eigenvalue weighted by Crippen LogP contribution is -2.23. The van der Waals surface area contributed by atoms with E-state index in [-0.39, 0.29) is 12.6 Å². The van der Waals surface area contributed by atoms with Gasteiger partial charge in [0.15, 0.2) is 17.3 Å². The molecule has 28 heavy (non-hydrogen) atoms. The summed E-state index contributed by atoms with van der Waals surface area (Å²) in [5, 5.41) is 4.33. The molecule has 1 N–H and O–H groups in total. The Hall–Kier alpha value is -2.37. The molecular weight excluding hydrogens is 401 g/mol. The lowest BCUT2D eigenvalue weighted by molar-refractivity contribution is -0.114. The molecule has 0 fully saturated rings. The molecular formula is C21H19Cl2NO4. The third-order valence-electron chi connectivity index (χ3n) is 4.62. The second-order valence-electron chi connectivity index (χ2n) is 6.59. The molecule has 146 valence electrons. The topological polar surface area (TPSA) is 56.8 Å². The molecule has 5 nitrogen and oxygen atoms in total. The largest absolute Gasteiger partial charge is 0.492 e. The first-order valence-corrected chi connectivity index (χ1v) is 9.85. The lowest BCUT2D eigenvalue weighted by atomic mass is 9.96. The molecule has 0 aromatic heterocycles. The van der Waals surface area contributed by atoms with E-state index in [1.54, 1.807) is 24.3 Å². The molecule has 0 radical (unpaired) electrons.